The number of rotatable bonds is 4. The number of thioether (sulfide) groups is 1. The minimum atomic E-state index is -0.879. The molecule has 1 aromatic rings. The molecule has 1 saturated heterocycles. The molecule has 1 atom stereocenters. The van der Waals surface area contributed by atoms with Gasteiger partial charge in [-0.3, -0.25) is 4.79 Å². The zero-order valence-corrected chi connectivity index (χ0v) is 13.1. The first kappa shape index (κ1) is 16.2. The fourth-order valence-electron chi connectivity index (χ4n) is 2.35. The van der Waals surface area contributed by atoms with Crippen LogP contribution in [0, 0.1) is 11.6 Å². The van der Waals surface area contributed by atoms with Crippen LogP contribution in [0.2, 0.25) is 0 Å². The van der Waals surface area contributed by atoms with Gasteiger partial charge < -0.3 is 9.80 Å². The van der Waals surface area contributed by atoms with Gasteiger partial charge in [0.25, 0.3) is 0 Å². The lowest BCUT2D eigenvalue weighted by Gasteiger charge is -2.35. The van der Waals surface area contributed by atoms with E-state index in [4.69, 9.17) is 0 Å². The third-order valence-corrected chi connectivity index (χ3v) is 4.76. The molecule has 2 rings (SSSR count). The van der Waals surface area contributed by atoms with Crippen LogP contribution in [-0.4, -0.2) is 53.7 Å². The summed E-state index contributed by atoms with van der Waals surface area (Å²) >= 11 is 1.26. The van der Waals surface area contributed by atoms with E-state index in [2.05, 4.69) is 11.8 Å². The van der Waals surface area contributed by atoms with Crippen molar-refractivity contribution in [2.75, 3.05) is 32.7 Å². The van der Waals surface area contributed by atoms with Crippen LogP contribution < -0.4 is 0 Å². The molecule has 0 aliphatic carbocycles. The van der Waals surface area contributed by atoms with Crippen LogP contribution in [0.25, 0.3) is 0 Å². The monoisotopic (exact) mass is 314 g/mol. The molecule has 0 spiro atoms. The van der Waals surface area contributed by atoms with Gasteiger partial charge in [0.1, 0.15) is 0 Å². The molecule has 116 valence electrons. The Kier molecular flexibility index (Phi) is 5.58. The first-order valence-corrected chi connectivity index (χ1v) is 8.02. The Balaban J connectivity index is 1.92. The van der Waals surface area contributed by atoms with Crippen molar-refractivity contribution in [2.45, 2.75) is 24.0 Å². The van der Waals surface area contributed by atoms with Crippen molar-refractivity contribution in [2.24, 2.45) is 0 Å². The molecule has 0 bridgehead atoms. The lowest BCUT2D eigenvalue weighted by atomic mass is 10.3. The van der Waals surface area contributed by atoms with Gasteiger partial charge >= 0.3 is 0 Å². The average molecular weight is 314 g/mol. The number of carbonyl (C=O) groups excluding carboxylic acids is 1. The molecule has 0 aromatic heterocycles. The van der Waals surface area contributed by atoms with E-state index >= 15 is 0 Å². The van der Waals surface area contributed by atoms with E-state index in [0.29, 0.717) is 4.90 Å². The van der Waals surface area contributed by atoms with Crippen LogP contribution in [0.1, 0.15) is 13.8 Å². The standard InChI is InChI=1S/C15H20F2N2OS/c1-3-18-6-8-19(9-7-18)15(20)11(2)21-12-4-5-13(16)14(17)10-12/h4-5,10-11H,3,6-9H2,1-2H3. The summed E-state index contributed by atoms with van der Waals surface area (Å²) in [6.07, 6.45) is 0. The van der Waals surface area contributed by atoms with Crippen LogP contribution in [-0.2, 0) is 4.79 Å². The largest absolute Gasteiger partial charge is 0.339 e. The van der Waals surface area contributed by atoms with E-state index in [1.807, 2.05) is 4.90 Å². The third kappa shape index (κ3) is 4.17. The number of hydrogen-bond acceptors (Lipinski definition) is 3. The highest BCUT2D eigenvalue weighted by Gasteiger charge is 2.25. The van der Waals surface area contributed by atoms with E-state index < -0.39 is 11.6 Å². The molecule has 1 aromatic carbocycles. The third-order valence-electron chi connectivity index (χ3n) is 3.68. The number of hydrogen-bond donors (Lipinski definition) is 0. The quantitative estimate of drug-likeness (QED) is 0.798. The summed E-state index contributed by atoms with van der Waals surface area (Å²) < 4.78 is 26.1. The van der Waals surface area contributed by atoms with Gasteiger partial charge in [0.15, 0.2) is 11.6 Å². The van der Waals surface area contributed by atoms with Gasteiger partial charge in [-0.2, -0.15) is 0 Å². The molecule has 3 nitrogen and oxygen atoms in total. The predicted molar refractivity (Wildman–Crippen MR) is 80.4 cm³/mol. The lowest BCUT2D eigenvalue weighted by Crippen LogP contribution is -2.50. The van der Waals surface area contributed by atoms with Crippen LogP contribution in [0.3, 0.4) is 0 Å². The van der Waals surface area contributed by atoms with Crippen molar-refractivity contribution in [1.82, 2.24) is 9.80 Å². The maximum atomic E-state index is 13.2. The summed E-state index contributed by atoms with van der Waals surface area (Å²) in [5.74, 6) is -1.69. The summed E-state index contributed by atoms with van der Waals surface area (Å²) in [6.45, 7) is 8.17. The van der Waals surface area contributed by atoms with Crippen LogP contribution in [0.15, 0.2) is 23.1 Å². The van der Waals surface area contributed by atoms with E-state index in [0.717, 1.165) is 44.9 Å². The van der Waals surface area contributed by atoms with E-state index in [9.17, 15) is 13.6 Å². The number of halogens is 2. The molecular weight excluding hydrogens is 294 g/mol. The van der Waals surface area contributed by atoms with Gasteiger partial charge in [0, 0.05) is 31.1 Å². The van der Waals surface area contributed by atoms with Crippen molar-refractivity contribution >= 4 is 17.7 Å². The maximum absolute atomic E-state index is 13.2. The number of likely N-dealkylation sites (N-methyl/N-ethyl adjacent to an activating group) is 1. The second-order valence-corrected chi connectivity index (χ2v) is 6.51. The van der Waals surface area contributed by atoms with Gasteiger partial charge in [0.05, 0.1) is 5.25 Å². The van der Waals surface area contributed by atoms with Gasteiger partial charge in [-0.05, 0) is 31.7 Å². The van der Waals surface area contributed by atoms with Crippen LogP contribution >= 0.6 is 11.8 Å². The van der Waals surface area contributed by atoms with E-state index in [1.54, 1.807) is 6.92 Å². The summed E-state index contributed by atoms with van der Waals surface area (Å²) in [6, 6.07) is 3.73. The van der Waals surface area contributed by atoms with Gasteiger partial charge in [0.2, 0.25) is 5.91 Å². The van der Waals surface area contributed by atoms with Crippen molar-refractivity contribution in [1.29, 1.82) is 0 Å². The SMILES string of the molecule is CCN1CCN(C(=O)C(C)Sc2ccc(F)c(F)c2)CC1. The Morgan fingerprint density at radius 3 is 2.48 bits per heavy atom. The van der Waals surface area contributed by atoms with Gasteiger partial charge in [-0.25, -0.2) is 8.78 Å². The minimum Gasteiger partial charge on any atom is -0.339 e. The second-order valence-electron chi connectivity index (χ2n) is 5.10. The molecule has 1 aliphatic rings. The minimum absolute atomic E-state index is 0.0560. The molecule has 6 heteroatoms. The first-order valence-electron chi connectivity index (χ1n) is 7.14. The van der Waals surface area contributed by atoms with Crippen molar-refractivity contribution in [3.8, 4) is 0 Å². The number of carbonyl (C=O) groups is 1. The molecule has 1 aliphatic heterocycles. The number of piperazine rings is 1. The normalized spacial score (nSPS) is 17.8. The Labute approximate surface area is 128 Å². The second kappa shape index (κ2) is 7.22. The highest BCUT2D eigenvalue weighted by atomic mass is 32.2. The fourth-order valence-corrected chi connectivity index (χ4v) is 3.32. The topological polar surface area (TPSA) is 23.6 Å². The Morgan fingerprint density at radius 1 is 1.24 bits per heavy atom. The fraction of sp³-hybridized carbons (Fsp3) is 0.533. The summed E-state index contributed by atoms with van der Waals surface area (Å²) in [5.41, 5.74) is 0. The molecule has 0 saturated carbocycles. The van der Waals surface area contributed by atoms with Gasteiger partial charge in [-0.1, -0.05) is 6.92 Å². The maximum Gasteiger partial charge on any atom is 0.235 e. The molecule has 1 fully saturated rings. The number of amides is 1. The average Bonchev–Trinajstić information content (AvgIpc) is 2.50. The Morgan fingerprint density at radius 2 is 1.90 bits per heavy atom. The van der Waals surface area contributed by atoms with E-state index in [-0.39, 0.29) is 11.2 Å². The lowest BCUT2D eigenvalue weighted by molar-refractivity contribution is -0.132. The van der Waals surface area contributed by atoms with Crippen molar-refractivity contribution in [3.63, 3.8) is 0 Å². The number of nitrogens with zero attached hydrogens (tertiary/aromatic N) is 2. The molecule has 1 unspecified atom stereocenters. The molecule has 0 radical (unpaired) electrons. The summed E-state index contributed by atoms with van der Waals surface area (Å²) in [4.78, 5) is 17.1. The molecular formula is C15H20F2N2OS. The van der Waals surface area contributed by atoms with Crippen LogP contribution in [0.4, 0.5) is 8.78 Å². The number of benzene rings is 1. The molecule has 21 heavy (non-hydrogen) atoms. The Bertz CT molecular complexity index is 504. The van der Waals surface area contributed by atoms with Crippen molar-refractivity contribution in [3.05, 3.63) is 29.8 Å². The van der Waals surface area contributed by atoms with Crippen molar-refractivity contribution < 1.29 is 13.6 Å². The Hall–Kier alpha value is -1.14. The predicted octanol–water partition coefficient (Wildman–Crippen LogP) is 2.61. The zero-order valence-electron chi connectivity index (χ0n) is 12.3. The molecule has 1 heterocycles. The smallest absolute Gasteiger partial charge is 0.235 e. The highest BCUT2D eigenvalue weighted by molar-refractivity contribution is 8.00. The van der Waals surface area contributed by atoms with Crippen LogP contribution in [0.5, 0.6) is 0 Å². The summed E-state index contributed by atoms with van der Waals surface area (Å²) in [5, 5.41) is -0.303. The zero-order chi connectivity index (χ0) is 15.4. The molecule has 1 amide bonds. The summed E-state index contributed by atoms with van der Waals surface area (Å²) in [7, 11) is 0. The highest BCUT2D eigenvalue weighted by Crippen LogP contribution is 2.26. The first-order chi connectivity index (χ1) is 10.0. The molecule has 0 N–H and O–H groups in total. The van der Waals surface area contributed by atoms with E-state index in [1.165, 1.54) is 17.8 Å². The van der Waals surface area contributed by atoms with Gasteiger partial charge in [-0.15, -0.1) is 11.8 Å².